The molecule has 3 heterocycles. The highest BCUT2D eigenvalue weighted by atomic mass is 32.2. The summed E-state index contributed by atoms with van der Waals surface area (Å²) in [6, 6.07) is 3.46. The minimum absolute atomic E-state index is 0.0534. The van der Waals surface area contributed by atoms with Gasteiger partial charge in [-0.3, -0.25) is 4.79 Å². The van der Waals surface area contributed by atoms with Gasteiger partial charge in [0.05, 0.1) is 0 Å². The number of amides is 1. The number of fused-ring (bicyclic) bond motifs is 1. The van der Waals surface area contributed by atoms with Gasteiger partial charge >= 0.3 is 0 Å². The number of hydrogen-bond donors (Lipinski definition) is 2. The Morgan fingerprint density at radius 2 is 2.08 bits per heavy atom. The van der Waals surface area contributed by atoms with Gasteiger partial charge in [0, 0.05) is 56.9 Å². The normalized spacial score (nSPS) is 16.6. The summed E-state index contributed by atoms with van der Waals surface area (Å²) in [6.07, 6.45) is 3.53. The molecule has 1 aliphatic heterocycles. The van der Waals surface area contributed by atoms with Crippen molar-refractivity contribution in [3.05, 3.63) is 24.5 Å². The zero-order chi connectivity index (χ0) is 17.2. The number of rotatable bonds is 5. The Balaban J connectivity index is 1.72. The van der Waals surface area contributed by atoms with E-state index in [1.807, 2.05) is 0 Å². The molecule has 1 amide bonds. The van der Waals surface area contributed by atoms with E-state index in [1.54, 1.807) is 30.3 Å². The second-order valence-electron chi connectivity index (χ2n) is 5.69. The monoisotopic (exact) mass is 351 g/mol. The van der Waals surface area contributed by atoms with Crippen LogP contribution in [0, 0.1) is 0 Å². The lowest BCUT2D eigenvalue weighted by molar-refractivity contribution is -0.132. The molecule has 1 fully saturated rings. The van der Waals surface area contributed by atoms with E-state index >= 15 is 0 Å². The van der Waals surface area contributed by atoms with Crippen molar-refractivity contribution in [2.45, 2.75) is 11.3 Å². The Morgan fingerprint density at radius 3 is 2.79 bits per heavy atom. The molecule has 3 rings (SSSR count). The van der Waals surface area contributed by atoms with Crippen LogP contribution in [0.3, 0.4) is 0 Å². The van der Waals surface area contributed by atoms with Crippen LogP contribution in [0.5, 0.6) is 0 Å². The Labute approximate surface area is 140 Å². The minimum Gasteiger partial charge on any atom is -0.345 e. The first-order valence-electron chi connectivity index (χ1n) is 7.88. The summed E-state index contributed by atoms with van der Waals surface area (Å²) in [7, 11) is -1.80. The van der Waals surface area contributed by atoms with Crippen molar-refractivity contribution in [2.75, 3.05) is 39.8 Å². The van der Waals surface area contributed by atoms with Crippen molar-refractivity contribution in [1.82, 2.24) is 24.5 Å². The van der Waals surface area contributed by atoms with Gasteiger partial charge in [0.15, 0.2) is 0 Å². The van der Waals surface area contributed by atoms with Crippen LogP contribution in [0.2, 0.25) is 0 Å². The number of aromatic nitrogens is 2. The molecule has 130 valence electrons. The number of carbonyl (C=O) groups excluding carboxylic acids is 1. The summed E-state index contributed by atoms with van der Waals surface area (Å²) in [5, 5.41) is 3.53. The highest BCUT2D eigenvalue weighted by molar-refractivity contribution is 7.89. The van der Waals surface area contributed by atoms with Gasteiger partial charge in [0.2, 0.25) is 15.9 Å². The second kappa shape index (κ2) is 6.88. The van der Waals surface area contributed by atoms with Crippen molar-refractivity contribution in [3.8, 4) is 0 Å². The van der Waals surface area contributed by atoms with E-state index in [4.69, 9.17) is 0 Å². The first kappa shape index (κ1) is 16.9. The number of aromatic amines is 1. The van der Waals surface area contributed by atoms with Crippen LogP contribution in [0.4, 0.5) is 0 Å². The summed E-state index contributed by atoms with van der Waals surface area (Å²) in [5.41, 5.74) is 0.553. The van der Waals surface area contributed by atoms with E-state index in [9.17, 15) is 13.2 Å². The molecule has 0 unspecified atom stereocenters. The van der Waals surface area contributed by atoms with Gasteiger partial charge in [-0.15, -0.1) is 0 Å². The maximum absolute atomic E-state index is 12.9. The number of carbonyl (C=O) groups is 1. The fourth-order valence-electron chi connectivity index (χ4n) is 2.85. The summed E-state index contributed by atoms with van der Waals surface area (Å²) < 4.78 is 27.2. The van der Waals surface area contributed by atoms with Gasteiger partial charge < -0.3 is 15.2 Å². The van der Waals surface area contributed by atoms with Crippen LogP contribution >= 0.6 is 0 Å². The average Bonchev–Trinajstić information content (AvgIpc) is 3.04. The first-order valence-corrected chi connectivity index (χ1v) is 9.32. The van der Waals surface area contributed by atoms with Crippen molar-refractivity contribution in [1.29, 1.82) is 0 Å². The molecular formula is C15H21N5O3S. The third-order valence-corrected chi connectivity index (χ3v) is 6.15. The molecule has 0 saturated carbocycles. The molecule has 24 heavy (non-hydrogen) atoms. The molecule has 0 atom stereocenters. The average molecular weight is 351 g/mol. The maximum atomic E-state index is 12.9. The third kappa shape index (κ3) is 3.14. The fraction of sp³-hybridized carbons (Fsp3) is 0.467. The van der Waals surface area contributed by atoms with Gasteiger partial charge in [-0.25, -0.2) is 13.4 Å². The molecule has 0 bridgehead atoms. The standard InChI is InChI=1S/C15H21N5O3S/c1-16-6-4-14(21)19-7-9-20(10-8-19)24(22,23)13-11-18-15-12(13)3-2-5-17-15/h2-3,5,11,16H,4,6-10H2,1H3,(H,17,18). The number of pyridine rings is 1. The Morgan fingerprint density at radius 1 is 1.33 bits per heavy atom. The minimum atomic E-state index is -3.60. The zero-order valence-corrected chi connectivity index (χ0v) is 14.3. The van der Waals surface area contributed by atoms with Gasteiger partial charge in [-0.05, 0) is 19.2 Å². The topological polar surface area (TPSA) is 98.4 Å². The molecule has 2 aromatic heterocycles. The molecule has 9 heteroatoms. The van der Waals surface area contributed by atoms with E-state index in [0.29, 0.717) is 50.2 Å². The van der Waals surface area contributed by atoms with Crippen LogP contribution in [0.25, 0.3) is 11.0 Å². The van der Waals surface area contributed by atoms with Gasteiger partial charge in [0.1, 0.15) is 10.5 Å². The maximum Gasteiger partial charge on any atom is 0.245 e. The smallest absolute Gasteiger partial charge is 0.245 e. The number of nitrogens with zero attached hydrogens (tertiary/aromatic N) is 3. The number of hydrogen-bond acceptors (Lipinski definition) is 5. The molecule has 2 N–H and O–H groups in total. The molecule has 0 spiro atoms. The van der Waals surface area contributed by atoms with Gasteiger partial charge in [0.25, 0.3) is 0 Å². The van der Waals surface area contributed by atoms with Gasteiger partial charge in [-0.1, -0.05) is 0 Å². The van der Waals surface area contributed by atoms with Crippen molar-refractivity contribution in [3.63, 3.8) is 0 Å². The predicted octanol–water partition coefficient (Wildman–Crippen LogP) is 0.00530. The molecule has 8 nitrogen and oxygen atoms in total. The molecule has 2 aromatic rings. The quantitative estimate of drug-likeness (QED) is 0.790. The number of H-pyrrole nitrogens is 1. The van der Waals surface area contributed by atoms with Crippen LogP contribution in [0.15, 0.2) is 29.4 Å². The lowest BCUT2D eigenvalue weighted by Crippen LogP contribution is -2.50. The predicted molar refractivity (Wildman–Crippen MR) is 90.0 cm³/mol. The zero-order valence-electron chi connectivity index (χ0n) is 13.5. The summed E-state index contributed by atoms with van der Waals surface area (Å²) in [4.78, 5) is 21.0. The fourth-order valence-corrected chi connectivity index (χ4v) is 4.42. The lowest BCUT2D eigenvalue weighted by atomic mass is 10.3. The SMILES string of the molecule is CNCCC(=O)N1CCN(S(=O)(=O)c2c[nH]c3ncccc23)CC1. The van der Waals surface area contributed by atoms with Crippen LogP contribution in [0.1, 0.15) is 6.42 Å². The third-order valence-electron chi connectivity index (χ3n) is 4.21. The van der Waals surface area contributed by atoms with Crippen molar-refractivity contribution < 1.29 is 13.2 Å². The van der Waals surface area contributed by atoms with E-state index in [0.717, 1.165) is 0 Å². The molecule has 0 aliphatic carbocycles. The van der Waals surface area contributed by atoms with Crippen molar-refractivity contribution >= 4 is 27.0 Å². The molecular weight excluding hydrogens is 330 g/mol. The van der Waals surface area contributed by atoms with Crippen LogP contribution in [-0.2, 0) is 14.8 Å². The molecule has 0 aromatic carbocycles. The van der Waals surface area contributed by atoms with Crippen LogP contribution < -0.4 is 5.32 Å². The highest BCUT2D eigenvalue weighted by Crippen LogP contribution is 2.25. The molecule has 1 aliphatic rings. The lowest BCUT2D eigenvalue weighted by Gasteiger charge is -2.34. The number of sulfonamides is 1. The Kier molecular flexibility index (Phi) is 4.83. The Bertz CT molecular complexity index is 825. The van der Waals surface area contributed by atoms with E-state index in [1.165, 1.54) is 10.5 Å². The number of piperazine rings is 1. The van der Waals surface area contributed by atoms with E-state index in [2.05, 4.69) is 15.3 Å². The van der Waals surface area contributed by atoms with E-state index in [-0.39, 0.29) is 10.8 Å². The number of nitrogens with one attached hydrogen (secondary N) is 2. The second-order valence-corrected chi connectivity index (χ2v) is 7.60. The first-order chi connectivity index (χ1) is 11.5. The van der Waals surface area contributed by atoms with Crippen molar-refractivity contribution in [2.24, 2.45) is 0 Å². The van der Waals surface area contributed by atoms with E-state index < -0.39 is 10.0 Å². The summed E-state index contributed by atoms with van der Waals surface area (Å²) in [5.74, 6) is 0.0534. The van der Waals surface area contributed by atoms with Gasteiger partial charge in [-0.2, -0.15) is 4.31 Å². The molecule has 1 saturated heterocycles. The Hall–Kier alpha value is -1.97. The molecule has 0 radical (unpaired) electrons. The largest absolute Gasteiger partial charge is 0.345 e. The highest BCUT2D eigenvalue weighted by Gasteiger charge is 2.31. The summed E-state index contributed by atoms with van der Waals surface area (Å²) in [6.45, 7) is 2.07. The summed E-state index contributed by atoms with van der Waals surface area (Å²) >= 11 is 0. The van der Waals surface area contributed by atoms with Crippen LogP contribution in [-0.4, -0.2) is 73.3 Å².